The van der Waals surface area contributed by atoms with E-state index in [9.17, 15) is 4.79 Å². The van der Waals surface area contributed by atoms with Crippen LogP contribution in [0.5, 0.6) is 0 Å². The van der Waals surface area contributed by atoms with Gasteiger partial charge in [-0.25, -0.2) is 0 Å². The van der Waals surface area contributed by atoms with Gasteiger partial charge in [0, 0.05) is 6.42 Å². The Kier molecular flexibility index (Phi) is 7.44. The molecule has 0 saturated heterocycles. The summed E-state index contributed by atoms with van der Waals surface area (Å²) in [5.41, 5.74) is 8.01. The van der Waals surface area contributed by atoms with Crippen molar-refractivity contribution in [3.05, 3.63) is 35.4 Å². The Morgan fingerprint density at radius 1 is 1.05 bits per heavy atom. The van der Waals surface area contributed by atoms with E-state index in [4.69, 9.17) is 5.73 Å². The Hall–Kier alpha value is -1.35. The van der Waals surface area contributed by atoms with Gasteiger partial charge in [-0.1, -0.05) is 45.0 Å². The topological polar surface area (TPSA) is 55.1 Å². The van der Waals surface area contributed by atoms with E-state index in [2.05, 4.69) is 50.4 Å². The molecule has 3 nitrogen and oxygen atoms in total. The van der Waals surface area contributed by atoms with Crippen molar-refractivity contribution in [3.63, 3.8) is 0 Å². The summed E-state index contributed by atoms with van der Waals surface area (Å²) in [5, 5.41) is 3.07. The maximum atomic E-state index is 12.0. The van der Waals surface area contributed by atoms with Gasteiger partial charge in [0.1, 0.15) is 0 Å². The van der Waals surface area contributed by atoms with Crippen molar-refractivity contribution >= 4 is 5.91 Å². The van der Waals surface area contributed by atoms with E-state index < -0.39 is 0 Å². The van der Waals surface area contributed by atoms with Crippen LogP contribution in [0.4, 0.5) is 0 Å². The molecule has 0 aliphatic rings. The Labute approximate surface area is 129 Å². The quantitative estimate of drug-likeness (QED) is 0.766. The van der Waals surface area contributed by atoms with E-state index in [1.807, 2.05) is 6.92 Å². The molecule has 0 aromatic heterocycles. The predicted octanol–water partition coefficient (Wildman–Crippen LogP) is 3.75. The molecule has 3 heteroatoms. The van der Waals surface area contributed by atoms with E-state index in [1.165, 1.54) is 5.56 Å². The number of rotatable bonds is 8. The summed E-state index contributed by atoms with van der Waals surface area (Å²) in [6, 6.07) is 8.57. The molecule has 0 aliphatic heterocycles. The van der Waals surface area contributed by atoms with E-state index in [0.29, 0.717) is 24.8 Å². The van der Waals surface area contributed by atoms with Crippen LogP contribution >= 0.6 is 0 Å². The molecule has 3 N–H and O–H groups in total. The van der Waals surface area contributed by atoms with Crippen molar-refractivity contribution in [2.24, 2.45) is 11.7 Å². The fourth-order valence-corrected chi connectivity index (χ4v) is 2.37. The van der Waals surface area contributed by atoms with Crippen LogP contribution in [0.25, 0.3) is 0 Å². The third kappa shape index (κ3) is 6.30. The highest BCUT2D eigenvalue weighted by atomic mass is 16.1. The van der Waals surface area contributed by atoms with Gasteiger partial charge >= 0.3 is 0 Å². The van der Waals surface area contributed by atoms with E-state index in [1.54, 1.807) is 0 Å². The minimum Gasteiger partial charge on any atom is -0.350 e. The molecule has 2 atom stereocenters. The first-order valence-electron chi connectivity index (χ1n) is 8.03. The van der Waals surface area contributed by atoms with Gasteiger partial charge in [0.05, 0.1) is 6.04 Å². The molecule has 2 unspecified atom stereocenters. The van der Waals surface area contributed by atoms with Crippen molar-refractivity contribution in [3.8, 4) is 0 Å². The molecular formula is C18H30N2O. The first-order chi connectivity index (χ1) is 9.93. The molecule has 21 heavy (non-hydrogen) atoms. The zero-order chi connectivity index (χ0) is 15.8. The van der Waals surface area contributed by atoms with Gasteiger partial charge in [-0.2, -0.15) is 0 Å². The second-order valence-electron chi connectivity index (χ2n) is 6.33. The van der Waals surface area contributed by atoms with Crippen LogP contribution in [-0.4, -0.2) is 12.5 Å². The highest BCUT2D eigenvalue weighted by molar-refractivity contribution is 5.76. The van der Waals surface area contributed by atoms with Gasteiger partial charge < -0.3 is 11.1 Å². The number of hydrogen-bond acceptors (Lipinski definition) is 2. The standard InChI is InChI=1S/C18H30N2O/c1-13(2)16-6-8-17(9-7-16)15(4)20-18(21)10-5-14(3)11-12-19/h6-9,13-15H,5,10-12,19H2,1-4H3,(H,20,21). The van der Waals surface area contributed by atoms with Gasteiger partial charge in [-0.05, 0) is 49.3 Å². The number of amides is 1. The summed E-state index contributed by atoms with van der Waals surface area (Å²) in [7, 11) is 0. The molecule has 1 aromatic rings. The SMILES string of the molecule is CC(CCN)CCC(=O)NC(C)c1ccc(C(C)C)cc1. The molecular weight excluding hydrogens is 260 g/mol. The normalized spacial score (nSPS) is 14.0. The molecule has 1 amide bonds. The Morgan fingerprint density at radius 3 is 2.14 bits per heavy atom. The first-order valence-corrected chi connectivity index (χ1v) is 8.03. The summed E-state index contributed by atoms with van der Waals surface area (Å²) in [5.74, 6) is 1.17. The van der Waals surface area contributed by atoms with E-state index in [0.717, 1.165) is 18.4 Å². The number of hydrogen-bond donors (Lipinski definition) is 2. The number of carbonyl (C=O) groups is 1. The van der Waals surface area contributed by atoms with Gasteiger partial charge in [0.25, 0.3) is 0 Å². The van der Waals surface area contributed by atoms with Gasteiger partial charge in [-0.15, -0.1) is 0 Å². The lowest BCUT2D eigenvalue weighted by atomic mass is 9.99. The Bertz CT molecular complexity index is 425. The summed E-state index contributed by atoms with van der Waals surface area (Å²) in [6.07, 6.45) is 2.47. The summed E-state index contributed by atoms with van der Waals surface area (Å²) >= 11 is 0. The maximum absolute atomic E-state index is 12.0. The third-order valence-corrected chi connectivity index (χ3v) is 4.00. The molecule has 0 fully saturated rings. The first kappa shape index (κ1) is 17.7. The third-order valence-electron chi connectivity index (χ3n) is 4.00. The molecule has 0 bridgehead atoms. The summed E-state index contributed by atoms with van der Waals surface area (Å²) < 4.78 is 0. The molecule has 1 rings (SSSR count). The molecule has 0 aliphatic carbocycles. The second kappa shape index (κ2) is 8.83. The van der Waals surface area contributed by atoms with Crippen molar-refractivity contribution in [1.29, 1.82) is 0 Å². The zero-order valence-corrected chi connectivity index (χ0v) is 13.9. The van der Waals surface area contributed by atoms with E-state index in [-0.39, 0.29) is 11.9 Å². The lowest BCUT2D eigenvalue weighted by Gasteiger charge is -2.16. The highest BCUT2D eigenvalue weighted by Crippen LogP contribution is 2.19. The molecule has 1 aromatic carbocycles. The molecule has 0 saturated carbocycles. The van der Waals surface area contributed by atoms with Crippen molar-refractivity contribution < 1.29 is 4.79 Å². The van der Waals surface area contributed by atoms with Crippen LogP contribution in [0.2, 0.25) is 0 Å². The summed E-state index contributed by atoms with van der Waals surface area (Å²) in [4.78, 5) is 12.0. The highest BCUT2D eigenvalue weighted by Gasteiger charge is 2.11. The van der Waals surface area contributed by atoms with E-state index >= 15 is 0 Å². The van der Waals surface area contributed by atoms with Crippen LogP contribution in [0.3, 0.4) is 0 Å². The fraction of sp³-hybridized carbons (Fsp3) is 0.611. The maximum Gasteiger partial charge on any atom is 0.220 e. The average Bonchev–Trinajstić information content (AvgIpc) is 2.45. The Morgan fingerprint density at radius 2 is 1.62 bits per heavy atom. The number of carbonyl (C=O) groups excluding carboxylic acids is 1. The zero-order valence-electron chi connectivity index (χ0n) is 13.9. The molecule has 118 valence electrons. The Balaban J connectivity index is 2.44. The molecule has 0 heterocycles. The van der Waals surface area contributed by atoms with Crippen molar-refractivity contribution in [1.82, 2.24) is 5.32 Å². The van der Waals surface area contributed by atoms with Crippen LogP contribution in [0.15, 0.2) is 24.3 Å². The van der Waals surface area contributed by atoms with Crippen LogP contribution in [0.1, 0.15) is 70.0 Å². The predicted molar refractivity (Wildman–Crippen MR) is 89.2 cm³/mol. The van der Waals surface area contributed by atoms with Crippen molar-refractivity contribution in [2.75, 3.05) is 6.54 Å². The number of nitrogens with one attached hydrogen (secondary N) is 1. The second-order valence-corrected chi connectivity index (χ2v) is 6.33. The van der Waals surface area contributed by atoms with Gasteiger partial charge in [0.15, 0.2) is 0 Å². The lowest BCUT2D eigenvalue weighted by molar-refractivity contribution is -0.122. The monoisotopic (exact) mass is 290 g/mol. The van der Waals surface area contributed by atoms with Crippen LogP contribution in [-0.2, 0) is 4.79 Å². The van der Waals surface area contributed by atoms with Crippen molar-refractivity contribution in [2.45, 2.75) is 58.9 Å². The van der Waals surface area contributed by atoms with Crippen LogP contribution in [0, 0.1) is 5.92 Å². The molecule has 0 radical (unpaired) electrons. The fourth-order valence-electron chi connectivity index (χ4n) is 2.37. The molecule has 0 spiro atoms. The smallest absolute Gasteiger partial charge is 0.220 e. The minimum absolute atomic E-state index is 0.0588. The number of nitrogens with two attached hydrogens (primary N) is 1. The minimum atomic E-state index is 0.0588. The van der Waals surface area contributed by atoms with Gasteiger partial charge in [0.2, 0.25) is 5.91 Å². The number of benzene rings is 1. The van der Waals surface area contributed by atoms with Gasteiger partial charge in [-0.3, -0.25) is 4.79 Å². The average molecular weight is 290 g/mol. The lowest BCUT2D eigenvalue weighted by Crippen LogP contribution is -2.26. The van der Waals surface area contributed by atoms with Crippen LogP contribution < -0.4 is 11.1 Å². The summed E-state index contributed by atoms with van der Waals surface area (Å²) in [6.45, 7) is 9.24. The largest absolute Gasteiger partial charge is 0.350 e.